The first-order chi connectivity index (χ1) is 15.2. The molecule has 0 amide bonds. The lowest BCUT2D eigenvalue weighted by atomic mass is 9.89. The average molecular weight is 459 g/mol. The van der Waals surface area contributed by atoms with Crippen LogP contribution in [0, 0.1) is 15.9 Å². The first kappa shape index (κ1) is 22.3. The van der Waals surface area contributed by atoms with Crippen LogP contribution in [0.4, 0.5) is 21.6 Å². The van der Waals surface area contributed by atoms with Crippen molar-refractivity contribution in [2.24, 2.45) is 0 Å². The number of piperazine rings is 1. The fourth-order valence-corrected chi connectivity index (χ4v) is 4.26. The van der Waals surface area contributed by atoms with Crippen LogP contribution in [0.2, 0.25) is 5.02 Å². The molecule has 2 aromatic carbocycles. The molecule has 8 nitrogen and oxygen atoms in total. The highest BCUT2D eigenvalue weighted by atomic mass is 35.5. The number of anilines is 2. The Morgan fingerprint density at radius 2 is 1.88 bits per heavy atom. The summed E-state index contributed by atoms with van der Waals surface area (Å²) in [6.45, 7) is 7.46. The van der Waals surface area contributed by atoms with Crippen molar-refractivity contribution in [2.75, 3.05) is 38.5 Å². The maximum atomic E-state index is 13.5. The van der Waals surface area contributed by atoms with E-state index in [1.54, 1.807) is 6.07 Å². The van der Waals surface area contributed by atoms with Crippen molar-refractivity contribution in [3.63, 3.8) is 0 Å². The molecule has 0 bridgehead atoms. The number of nitro benzene ring substituents is 1. The lowest BCUT2D eigenvalue weighted by Gasteiger charge is -2.43. The van der Waals surface area contributed by atoms with E-state index in [1.165, 1.54) is 30.6 Å². The number of hydrogen-bond acceptors (Lipinski definition) is 7. The maximum Gasteiger partial charge on any atom is 0.275 e. The van der Waals surface area contributed by atoms with E-state index in [4.69, 9.17) is 11.6 Å². The molecule has 1 fully saturated rings. The Morgan fingerprint density at radius 1 is 1.16 bits per heavy atom. The number of fused-ring (bicyclic) bond motifs is 1. The topological polar surface area (TPSA) is 87.4 Å². The van der Waals surface area contributed by atoms with Gasteiger partial charge in [-0.15, -0.1) is 0 Å². The molecule has 32 heavy (non-hydrogen) atoms. The van der Waals surface area contributed by atoms with Gasteiger partial charge in [0.05, 0.1) is 21.0 Å². The Hall–Kier alpha value is -2.88. The van der Waals surface area contributed by atoms with Crippen LogP contribution < -0.4 is 5.32 Å². The van der Waals surface area contributed by atoms with E-state index in [2.05, 4.69) is 32.1 Å². The monoisotopic (exact) mass is 458 g/mol. The number of benzene rings is 2. The average Bonchev–Trinajstić information content (AvgIpc) is 2.76. The van der Waals surface area contributed by atoms with Crippen molar-refractivity contribution in [2.45, 2.75) is 19.4 Å². The molecule has 3 aromatic rings. The molecule has 0 radical (unpaired) electrons. The van der Waals surface area contributed by atoms with Crippen LogP contribution in [-0.2, 0) is 5.54 Å². The minimum Gasteiger partial charge on any atom is -0.340 e. The van der Waals surface area contributed by atoms with Gasteiger partial charge in [-0.3, -0.25) is 15.0 Å². The summed E-state index contributed by atoms with van der Waals surface area (Å²) in [5.74, 6) is -0.152. The molecule has 0 saturated carbocycles. The Balaban J connectivity index is 1.78. The zero-order valence-corrected chi connectivity index (χ0v) is 18.9. The van der Waals surface area contributed by atoms with Crippen LogP contribution in [0.1, 0.15) is 19.4 Å². The van der Waals surface area contributed by atoms with Gasteiger partial charge in [0.2, 0.25) is 0 Å². The van der Waals surface area contributed by atoms with Crippen molar-refractivity contribution in [3.05, 3.63) is 63.2 Å². The standard InChI is InChI=1S/C22H24ClFN6O2/c1-22(2,29-8-6-28(3)7-9-29)16-12-19-15(11-20(16)30(31)32)21(26-13-25-19)27-14-4-5-18(24)17(23)10-14/h4-5,10-13H,6-9H2,1-3H3,(H,25,26,27). The minimum atomic E-state index is -0.555. The molecule has 1 aliphatic rings. The van der Waals surface area contributed by atoms with Gasteiger partial charge in [0, 0.05) is 48.9 Å². The molecular weight excluding hydrogens is 435 g/mol. The number of hydrogen-bond donors (Lipinski definition) is 1. The quantitative estimate of drug-likeness (QED) is 0.443. The first-order valence-corrected chi connectivity index (χ1v) is 10.6. The van der Waals surface area contributed by atoms with Gasteiger partial charge in [-0.2, -0.15) is 0 Å². The van der Waals surface area contributed by atoms with Crippen molar-refractivity contribution in [1.29, 1.82) is 0 Å². The molecule has 2 heterocycles. The molecule has 1 N–H and O–H groups in total. The van der Waals surface area contributed by atoms with Crippen LogP contribution in [0.15, 0.2) is 36.7 Å². The highest BCUT2D eigenvalue weighted by Crippen LogP contribution is 2.39. The Bertz CT molecular complexity index is 1180. The number of halogens is 2. The van der Waals surface area contributed by atoms with Gasteiger partial charge in [-0.25, -0.2) is 14.4 Å². The highest BCUT2D eigenvalue weighted by Gasteiger charge is 2.36. The van der Waals surface area contributed by atoms with Gasteiger partial charge in [-0.1, -0.05) is 11.6 Å². The minimum absolute atomic E-state index is 0.0106. The highest BCUT2D eigenvalue weighted by molar-refractivity contribution is 6.31. The van der Waals surface area contributed by atoms with Crippen LogP contribution in [0.3, 0.4) is 0 Å². The zero-order valence-electron chi connectivity index (χ0n) is 18.1. The predicted octanol–water partition coefficient (Wildman–Crippen LogP) is 4.56. The van der Waals surface area contributed by atoms with Gasteiger partial charge in [0.1, 0.15) is 18.0 Å². The van der Waals surface area contributed by atoms with E-state index in [0.717, 1.165) is 26.2 Å². The van der Waals surface area contributed by atoms with E-state index >= 15 is 0 Å². The van der Waals surface area contributed by atoms with Crippen molar-refractivity contribution < 1.29 is 9.31 Å². The van der Waals surface area contributed by atoms with Crippen LogP contribution >= 0.6 is 11.6 Å². The summed E-state index contributed by atoms with van der Waals surface area (Å²) in [5.41, 5.74) is 1.16. The number of nitrogens with zero attached hydrogens (tertiary/aromatic N) is 5. The van der Waals surface area contributed by atoms with Gasteiger partial charge >= 0.3 is 0 Å². The first-order valence-electron chi connectivity index (χ1n) is 10.3. The van der Waals surface area contributed by atoms with Gasteiger partial charge in [0.25, 0.3) is 5.69 Å². The number of likely N-dealkylation sites (N-methyl/N-ethyl adjacent to an activating group) is 1. The normalized spacial score (nSPS) is 15.8. The molecule has 1 saturated heterocycles. The van der Waals surface area contributed by atoms with Crippen LogP contribution in [0.25, 0.3) is 10.9 Å². The second-order valence-electron chi connectivity index (χ2n) is 8.47. The third kappa shape index (κ3) is 4.23. The smallest absolute Gasteiger partial charge is 0.275 e. The lowest BCUT2D eigenvalue weighted by Crippen LogP contribution is -2.52. The number of aromatic nitrogens is 2. The van der Waals surface area contributed by atoms with E-state index in [-0.39, 0.29) is 15.6 Å². The Kier molecular flexibility index (Phi) is 5.98. The third-order valence-electron chi connectivity index (χ3n) is 6.08. The Labute approximate surface area is 190 Å². The molecule has 4 rings (SSSR count). The summed E-state index contributed by atoms with van der Waals surface area (Å²) in [4.78, 5) is 24.8. The summed E-state index contributed by atoms with van der Waals surface area (Å²) in [6.07, 6.45) is 1.40. The SMILES string of the molecule is CN1CCN(C(C)(C)c2cc3ncnc(Nc4ccc(F)c(Cl)c4)c3cc2[N+](=O)[O-])CC1. The number of nitro groups is 1. The predicted molar refractivity (Wildman–Crippen MR) is 123 cm³/mol. The Morgan fingerprint density at radius 3 is 2.53 bits per heavy atom. The van der Waals surface area contributed by atoms with Crippen molar-refractivity contribution >= 4 is 39.7 Å². The number of nitrogens with one attached hydrogen (secondary N) is 1. The zero-order chi connectivity index (χ0) is 23.0. The summed E-state index contributed by atoms with van der Waals surface area (Å²) >= 11 is 5.87. The fraction of sp³-hybridized carbons (Fsp3) is 0.364. The van der Waals surface area contributed by atoms with Gasteiger partial charge in [0.15, 0.2) is 0 Å². The molecule has 0 unspecified atom stereocenters. The molecule has 10 heteroatoms. The summed E-state index contributed by atoms with van der Waals surface area (Å²) < 4.78 is 13.5. The fourth-order valence-electron chi connectivity index (χ4n) is 4.08. The summed E-state index contributed by atoms with van der Waals surface area (Å²) in [5, 5.41) is 15.6. The van der Waals surface area contributed by atoms with E-state index in [1.807, 2.05) is 13.8 Å². The largest absolute Gasteiger partial charge is 0.340 e. The second kappa shape index (κ2) is 8.57. The molecule has 0 spiro atoms. The van der Waals surface area contributed by atoms with Gasteiger partial charge in [-0.05, 0) is 45.2 Å². The molecule has 1 aliphatic heterocycles. The molecule has 0 atom stereocenters. The second-order valence-corrected chi connectivity index (χ2v) is 8.88. The molecule has 168 valence electrons. The molecule has 1 aromatic heterocycles. The van der Waals surface area contributed by atoms with Crippen molar-refractivity contribution in [3.8, 4) is 0 Å². The maximum absolute atomic E-state index is 13.5. The molecule has 0 aliphatic carbocycles. The third-order valence-corrected chi connectivity index (χ3v) is 6.37. The summed E-state index contributed by atoms with van der Waals surface area (Å²) in [7, 11) is 2.07. The lowest BCUT2D eigenvalue weighted by molar-refractivity contribution is -0.386. The number of rotatable bonds is 5. The summed E-state index contributed by atoms with van der Waals surface area (Å²) in [6, 6.07) is 7.48. The van der Waals surface area contributed by atoms with Gasteiger partial charge < -0.3 is 10.2 Å². The van der Waals surface area contributed by atoms with Crippen molar-refractivity contribution in [1.82, 2.24) is 19.8 Å². The van der Waals surface area contributed by atoms with E-state index in [9.17, 15) is 14.5 Å². The van der Waals surface area contributed by atoms with E-state index in [0.29, 0.717) is 28.0 Å². The molecular formula is C22H24ClFN6O2. The van der Waals surface area contributed by atoms with E-state index < -0.39 is 11.4 Å². The van der Waals surface area contributed by atoms with Crippen LogP contribution in [-0.4, -0.2) is 57.9 Å². The van der Waals surface area contributed by atoms with Crippen LogP contribution in [0.5, 0.6) is 0 Å².